The number of aryl methyl sites for hydroxylation is 1. The van der Waals surface area contributed by atoms with Gasteiger partial charge >= 0.3 is 0 Å². The van der Waals surface area contributed by atoms with Crippen molar-refractivity contribution in [1.29, 1.82) is 5.26 Å². The third kappa shape index (κ3) is 2.42. The number of hydrogen-bond donors (Lipinski definition) is 1. The minimum Gasteiger partial charge on any atom is -0.462 e. The molecule has 4 heteroatoms. The van der Waals surface area contributed by atoms with Crippen LogP contribution < -0.4 is 5.73 Å². The van der Waals surface area contributed by atoms with Crippen LogP contribution in [0, 0.1) is 18.3 Å². The van der Waals surface area contributed by atoms with Crippen molar-refractivity contribution < 1.29 is 4.42 Å². The highest BCUT2D eigenvalue weighted by Gasteiger charge is 2.01. The van der Waals surface area contributed by atoms with Crippen LogP contribution >= 0.6 is 12.2 Å². The van der Waals surface area contributed by atoms with Crippen LogP contribution in [-0.2, 0) is 0 Å². The predicted octanol–water partition coefficient (Wildman–Crippen LogP) is 1.78. The fraction of sp³-hybridized carbons (Fsp3) is 0.111. The maximum absolute atomic E-state index is 8.64. The Morgan fingerprint density at radius 1 is 1.69 bits per heavy atom. The van der Waals surface area contributed by atoms with Crippen molar-refractivity contribution in [1.82, 2.24) is 0 Å². The first-order chi connectivity index (χ1) is 6.13. The van der Waals surface area contributed by atoms with Gasteiger partial charge in [-0.25, -0.2) is 0 Å². The topological polar surface area (TPSA) is 63.0 Å². The first-order valence-corrected chi connectivity index (χ1v) is 4.02. The van der Waals surface area contributed by atoms with Crippen molar-refractivity contribution in [3.63, 3.8) is 0 Å². The van der Waals surface area contributed by atoms with E-state index < -0.39 is 0 Å². The van der Waals surface area contributed by atoms with Crippen LogP contribution in [0.5, 0.6) is 0 Å². The zero-order chi connectivity index (χ0) is 9.84. The SMILES string of the molecule is Cc1ccc(C=C(C#N)C(N)=S)o1. The van der Waals surface area contributed by atoms with Gasteiger partial charge in [-0.05, 0) is 19.1 Å². The van der Waals surface area contributed by atoms with Gasteiger partial charge in [0.05, 0.1) is 5.57 Å². The fourth-order valence-electron chi connectivity index (χ4n) is 0.832. The summed E-state index contributed by atoms with van der Waals surface area (Å²) in [4.78, 5) is 0.0801. The molecular weight excluding hydrogens is 184 g/mol. The van der Waals surface area contributed by atoms with Gasteiger partial charge in [0.2, 0.25) is 0 Å². The monoisotopic (exact) mass is 192 g/mol. The van der Waals surface area contributed by atoms with E-state index in [0.29, 0.717) is 5.76 Å². The second-order valence-corrected chi connectivity index (χ2v) is 2.92. The van der Waals surface area contributed by atoms with Crippen molar-refractivity contribution in [2.75, 3.05) is 0 Å². The molecule has 3 nitrogen and oxygen atoms in total. The molecule has 0 aliphatic carbocycles. The average molecular weight is 192 g/mol. The lowest BCUT2D eigenvalue weighted by molar-refractivity contribution is 0.525. The fourth-order valence-corrected chi connectivity index (χ4v) is 0.936. The minimum absolute atomic E-state index is 0.0801. The molecule has 0 amide bonds. The molecule has 0 spiro atoms. The molecule has 0 aliphatic rings. The van der Waals surface area contributed by atoms with Gasteiger partial charge in [0.15, 0.2) is 0 Å². The van der Waals surface area contributed by atoms with E-state index in [9.17, 15) is 0 Å². The normalized spacial score (nSPS) is 10.9. The lowest BCUT2D eigenvalue weighted by atomic mass is 10.2. The summed E-state index contributed by atoms with van der Waals surface area (Å²) in [6.07, 6.45) is 1.52. The quantitative estimate of drug-likeness (QED) is 0.440. The van der Waals surface area contributed by atoms with Gasteiger partial charge in [-0.2, -0.15) is 5.26 Å². The van der Waals surface area contributed by atoms with Gasteiger partial charge in [-0.15, -0.1) is 0 Å². The number of furan rings is 1. The Kier molecular flexibility index (Phi) is 2.83. The Labute approximate surface area is 81.5 Å². The summed E-state index contributed by atoms with van der Waals surface area (Å²) >= 11 is 4.67. The third-order valence-electron chi connectivity index (χ3n) is 1.43. The van der Waals surface area contributed by atoms with Gasteiger partial charge in [0.1, 0.15) is 22.6 Å². The molecule has 2 N–H and O–H groups in total. The van der Waals surface area contributed by atoms with Gasteiger partial charge in [-0.1, -0.05) is 12.2 Å². The van der Waals surface area contributed by atoms with Crippen LogP contribution in [0.15, 0.2) is 22.1 Å². The molecule has 1 aromatic rings. The van der Waals surface area contributed by atoms with Crippen LogP contribution in [-0.4, -0.2) is 4.99 Å². The highest BCUT2D eigenvalue weighted by Crippen LogP contribution is 2.10. The van der Waals surface area contributed by atoms with Crippen molar-refractivity contribution in [3.05, 3.63) is 29.2 Å². The molecule has 0 radical (unpaired) electrons. The summed E-state index contributed by atoms with van der Waals surface area (Å²) in [5.41, 5.74) is 5.55. The number of rotatable bonds is 2. The average Bonchev–Trinajstić information content (AvgIpc) is 2.46. The van der Waals surface area contributed by atoms with E-state index in [4.69, 9.17) is 15.4 Å². The molecule has 1 aromatic heterocycles. The molecule has 0 aliphatic heterocycles. The summed E-state index contributed by atoms with van der Waals surface area (Å²) in [5.74, 6) is 1.37. The van der Waals surface area contributed by atoms with Gasteiger partial charge in [-0.3, -0.25) is 0 Å². The predicted molar refractivity (Wildman–Crippen MR) is 53.8 cm³/mol. The van der Waals surface area contributed by atoms with Gasteiger partial charge < -0.3 is 10.2 Å². The summed E-state index contributed by atoms with van der Waals surface area (Å²) in [7, 11) is 0. The van der Waals surface area contributed by atoms with Crippen LogP contribution in [0.1, 0.15) is 11.5 Å². The second-order valence-electron chi connectivity index (χ2n) is 2.48. The Morgan fingerprint density at radius 3 is 2.77 bits per heavy atom. The van der Waals surface area contributed by atoms with Crippen molar-refractivity contribution in [3.8, 4) is 6.07 Å². The highest BCUT2D eigenvalue weighted by atomic mass is 32.1. The Bertz CT molecular complexity index is 398. The van der Waals surface area contributed by atoms with E-state index in [0.717, 1.165) is 5.76 Å². The number of thiocarbonyl (C=S) groups is 1. The molecule has 0 unspecified atom stereocenters. The molecule has 13 heavy (non-hydrogen) atoms. The van der Waals surface area contributed by atoms with E-state index in [1.165, 1.54) is 6.08 Å². The van der Waals surface area contributed by atoms with E-state index >= 15 is 0 Å². The Hall–Kier alpha value is -1.60. The summed E-state index contributed by atoms with van der Waals surface area (Å²) in [6.45, 7) is 1.82. The molecule has 0 fully saturated rings. The molecule has 1 heterocycles. The summed E-state index contributed by atoms with van der Waals surface area (Å²) in [6, 6.07) is 5.45. The maximum atomic E-state index is 8.64. The molecular formula is C9H8N2OS. The summed E-state index contributed by atoms with van der Waals surface area (Å²) < 4.78 is 5.22. The minimum atomic E-state index is 0.0801. The van der Waals surface area contributed by atoms with Crippen molar-refractivity contribution in [2.45, 2.75) is 6.92 Å². The largest absolute Gasteiger partial charge is 0.462 e. The Balaban J connectivity index is 3.00. The number of nitrogens with zero attached hydrogens (tertiary/aromatic N) is 1. The van der Waals surface area contributed by atoms with Crippen molar-refractivity contribution >= 4 is 23.3 Å². The van der Waals surface area contributed by atoms with Crippen LogP contribution in [0.4, 0.5) is 0 Å². The first kappa shape index (κ1) is 9.49. The molecule has 0 bridgehead atoms. The van der Waals surface area contributed by atoms with E-state index in [2.05, 4.69) is 12.2 Å². The molecule has 0 saturated heterocycles. The zero-order valence-electron chi connectivity index (χ0n) is 7.07. The summed E-state index contributed by atoms with van der Waals surface area (Å²) in [5, 5.41) is 8.64. The number of nitriles is 1. The molecule has 1 rings (SSSR count). The highest BCUT2D eigenvalue weighted by molar-refractivity contribution is 7.80. The van der Waals surface area contributed by atoms with Gasteiger partial charge in [0, 0.05) is 6.08 Å². The van der Waals surface area contributed by atoms with Crippen molar-refractivity contribution in [2.24, 2.45) is 5.73 Å². The van der Waals surface area contributed by atoms with Crippen LogP contribution in [0.25, 0.3) is 6.08 Å². The van der Waals surface area contributed by atoms with Crippen LogP contribution in [0.2, 0.25) is 0 Å². The number of hydrogen-bond acceptors (Lipinski definition) is 3. The lowest BCUT2D eigenvalue weighted by Gasteiger charge is -1.91. The van der Waals surface area contributed by atoms with E-state index in [1.807, 2.05) is 13.0 Å². The second kappa shape index (κ2) is 3.87. The third-order valence-corrected chi connectivity index (χ3v) is 1.65. The van der Waals surface area contributed by atoms with Gasteiger partial charge in [0.25, 0.3) is 0 Å². The molecule has 66 valence electrons. The molecule has 0 aromatic carbocycles. The first-order valence-electron chi connectivity index (χ1n) is 3.61. The van der Waals surface area contributed by atoms with E-state index in [-0.39, 0.29) is 10.6 Å². The lowest BCUT2D eigenvalue weighted by Crippen LogP contribution is -2.09. The molecule has 0 saturated carbocycles. The number of nitrogens with two attached hydrogens (primary N) is 1. The van der Waals surface area contributed by atoms with E-state index in [1.54, 1.807) is 12.1 Å². The zero-order valence-corrected chi connectivity index (χ0v) is 7.89. The Morgan fingerprint density at radius 2 is 2.38 bits per heavy atom. The maximum Gasteiger partial charge on any atom is 0.128 e. The van der Waals surface area contributed by atoms with Crippen LogP contribution in [0.3, 0.4) is 0 Å². The smallest absolute Gasteiger partial charge is 0.128 e. The molecule has 0 atom stereocenters. The standard InChI is InChI=1S/C9H8N2OS/c1-6-2-3-8(12-6)4-7(5-10)9(11)13/h2-4H,1H3,(H2,11,13).